The van der Waals surface area contributed by atoms with E-state index in [0.29, 0.717) is 51.1 Å². The van der Waals surface area contributed by atoms with Gasteiger partial charge in [-0.25, -0.2) is 14.2 Å². The summed E-state index contributed by atoms with van der Waals surface area (Å²) >= 11 is 0. The summed E-state index contributed by atoms with van der Waals surface area (Å²) in [5.41, 5.74) is 3.82. The molecule has 3 aromatic carbocycles. The van der Waals surface area contributed by atoms with Crippen molar-refractivity contribution in [1.29, 1.82) is 0 Å². The van der Waals surface area contributed by atoms with E-state index >= 15 is 0 Å². The lowest BCUT2D eigenvalue weighted by molar-refractivity contribution is -0.114. The first-order valence-electron chi connectivity index (χ1n) is 11.6. The largest absolute Gasteiger partial charge is 0.391 e. The summed E-state index contributed by atoms with van der Waals surface area (Å²) in [7, 11) is 0. The van der Waals surface area contributed by atoms with Crippen molar-refractivity contribution in [3.05, 3.63) is 78.6 Å². The predicted octanol–water partition coefficient (Wildman–Crippen LogP) is 5.56. The number of amides is 3. The summed E-state index contributed by atoms with van der Waals surface area (Å²) in [4.78, 5) is 28.9. The van der Waals surface area contributed by atoms with Gasteiger partial charge in [-0.05, 0) is 42.8 Å². The Balaban J connectivity index is 1.80. The first kappa shape index (κ1) is 24.8. The van der Waals surface area contributed by atoms with Gasteiger partial charge in [0.15, 0.2) is 0 Å². The number of nitrogens with zero attached hydrogens (tertiary/aromatic N) is 1. The van der Waals surface area contributed by atoms with Crippen LogP contribution in [0.1, 0.15) is 20.3 Å². The smallest absolute Gasteiger partial charge is 0.319 e. The highest BCUT2D eigenvalue weighted by Gasteiger charge is 2.18. The van der Waals surface area contributed by atoms with Crippen molar-refractivity contribution in [3.8, 4) is 22.4 Å². The summed E-state index contributed by atoms with van der Waals surface area (Å²) in [5, 5.41) is 18.6. The number of para-hydroxylation sites is 1. The van der Waals surface area contributed by atoms with Crippen molar-refractivity contribution in [2.45, 2.75) is 26.4 Å². The number of aliphatic hydroxyl groups is 1. The van der Waals surface area contributed by atoms with Crippen LogP contribution in [-0.4, -0.2) is 34.7 Å². The van der Waals surface area contributed by atoms with Gasteiger partial charge in [0.1, 0.15) is 5.82 Å². The lowest BCUT2D eigenvalue weighted by Gasteiger charge is -2.16. The molecule has 0 fully saturated rings. The normalized spacial score (nSPS) is 11.7. The van der Waals surface area contributed by atoms with Crippen LogP contribution in [0.3, 0.4) is 0 Å². The molecule has 0 bridgehead atoms. The highest BCUT2D eigenvalue weighted by Crippen LogP contribution is 2.38. The van der Waals surface area contributed by atoms with Gasteiger partial charge in [0.05, 0.1) is 23.0 Å². The predicted molar refractivity (Wildman–Crippen MR) is 140 cm³/mol. The molecule has 8 heteroatoms. The third-order valence-corrected chi connectivity index (χ3v) is 5.70. The van der Waals surface area contributed by atoms with E-state index in [2.05, 4.69) is 16.0 Å². The van der Waals surface area contributed by atoms with Gasteiger partial charge in [-0.1, -0.05) is 43.3 Å². The first-order valence-corrected chi connectivity index (χ1v) is 11.6. The van der Waals surface area contributed by atoms with E-state index in [-0.39, 0.29) is 12.5 Å². The Bertz CT molecular complexity index is 1420. The third kappa shape index (κ3) is 5.67. The Morgan fingerprint density at radius 2 is 1.67 bits per heavy atom. The Labute approximate surface area is 208 Å². The molecule has 4 N–H and O–H groups in total. The third-order valence-electron chi connectivity index (χ3n) is 5.70. The fraction of sp³-hybridized carbons (Fsp3) is 0.179. The van der Waals surface area contributed by atoms with E-state index in [0.717, 1.165) is 0 Å². The molecule has 1 atom stereocenters. The van der Waals surface area contributed by atoms with Gasteiger partial charge in [-0.2, -0.15) is 0 Å². The fourth-order valence-electron chi connectivity index (χ4n) is 3.86. The van der Waals surface area contributed by atoms with Crippen molar-refractivity contribution in [2.24, 2.45) is 0 Å². The van der Waals surface area contributed by atoms with Crippen molar-refractivity contribution in [2.75, 3.05) is 17.2 Å². The Morgan fingerprint density at radius 1 is 0.944 bits per heavy atom. The lowest BCUT2D eigenvalue weighted by Crippen LogP contribution is -2.34. The van der Waals surface area contributed by atoms with Crippen LogP contribution >= 0.6 is 0 Å². The molecule has 1 aromatic heterocycles. The molecule has 1 heterocycles. The molecular formula is C28H27FN4O3. The number of aromatic nitrogens is 1. The minimum Gasteiger partial charge on any atom is -0.391 e. The molecule has 36 heavy (non-hydrogen) atoms. The number of rotatable bonds is 7. The van der Waals surface area contributed by atoms with Crippen LogP contribution in [0.25, 0.3) is 33.3 Å². The fourth-order valence-corrected chi connectivity index (χ4v) is 3.86. The average Bonchev–Trinajstić information content (AvgIpc) is 2.87. The molecule has 4 rings (SSSR count). The second-order valence-electron chi connectivity index (χ2n) is 8.40. The van der Waals surface area contributed by atoms with Gasteiger partial charge in [-0.15, -0.1) is 0 Å². The number of nitrogens with one attached hydrogen (secondary N) is 3. The number of urea groups is 1. The van der Waals surface area contributed by atoms with Crippen molar-refractivity contribution in [3.63, 3.8) is 0 Å². The van der Waals surface area contributed by atoms with Gasteiger partial charge in [-0.3, -0.25) is 4.79 Å². The Morgan fingerprint density at radius 3 is 2.39 bits per heavy atom. The van der Waals surface area contributed by atoms with Crippen LogP contribution in [0.5, 0.6) is 0 Å². The van der Waals surface area contributed by atoms with Gasteiger partial charge < -0.3 is 21.1 Å². The van der Waals surface area contributed by atoms with Gasteiger partial charge in [0.2, 0.25) is 5.91 Å². The van der Waals surface area contributed by atoms with Crippen LogP contribution in [0, 0.1) is 5.82 Å². The number of benzene rings is 3. The number of anilines is 2. The quantitative estimate of drug-likeness (QED) is 0.275. The maximum Gasteiger partial charge on any atom is 0.319 e. The molecule has 184 valence electrons. The molecule has 4 aromatic rings. The van der Waals surface area contributed by atoms with E-state index in [4.69, 9.17) is 4.98 Å². The zero-order chi connectivity index (χ0) is 25.7. The molecule has 0 aliphatic carbocycles. The Hall–Kier alpha value is -4.30. The monoisotopic (exact) mass is 486 g/mol. The zero-order valence-electron chi connectivity index (χ0n) is 20.0. The van der Waals surface area contributed by atoms with E-state index in [1.165, 1.54) is 13.0 Å². The highest BCUT2D eigenvalue weighted by atomic mass is 19.1. The van der Waals surface area contributed by atoms with E-state index in [9.17, 15) is 19.1 Å². The second-order valence-corrected chi connectivity index (χ2v) is 8.40. The number of hydrogen-bond acceptors (Lipinski definition) is 4. The number of pyridine rings is 1. The number of hydrogen-bond donors (Lipinski definition) is 4. The molecule has 1 unspecified atom stereocenters. The molecule has 0 aliphatic rings. The van der Waals surface area contributed by atoms with E-state index in [1.54, 1.807) is 48.5 Å². The molecule has 3 amide bonds. The van der Waals surface area contributed by atoms with Gasteiger partial charge in [0, 0.05) is 41.2 Å². The molecule has 0 radical (unpaired) electrons. The standard InChI is InChI=1S/C28H27FN4O3/c1-3-20(35)16-30-28(36)32-19-12-13-25-18(14-19)15-23(21-8-4-6-10-24(21)29)27(33-25)22-9-5-7-11-26(22)31-17(2)34/h4-15,20,35H,3,16H2,1-2H3,(H,31,34)(H2,30,32,36). The SMILES string of the molecule is CCC(O)CNC(=O)Nc1ccc2nc(-c3ccccc3NC(C)=O)c(-c3ccccc3F)cc2c1. The zero-order valence-corrected chi connectivity index (χ0v) is 20.0. The van der Waals surface area contributed by atoms with Crippen molar-refractivity contribution >= 4 is 34.2 Å². The van der Waals surface area contributed by atoms with E-state index in [1.807, 2.05) is 25.1 Å². The molecule has 0 spiro atoms. The van der Waals surface area contributed by atoms with E-state index < -0.39 is 18.0 Å². The minimum atomic E-state index is -0.612. The van der Waals surface area contributed by atoms with Crippen LogP contribution in [0.4, 0.5) is 20.6 Å². The summed E-state index contributed by atoms with van der Waals surface area (Å²) < 4.78 is 14.9. The van der Waals surface area contributed by atoms with Crippen LogP contribution < -0.4 is 16.0 Å². The first-order chi connectivity index (χ1) is 17.4. The maximum atomic E-state index is 14.9. The molecular weight excluding hydrogens is 459 g/mol. The number of halogens is 1. The summed E-state index contributed by atoms with van der Waals surface area (Å²) in [6.07, 6.45) is -0.0765. The number of carbonyl (C=O) groups is 2. The molecule has 7 nitrogen and oxygen atoms in total. The highest BCUT2D eigenvalue weighted by molar-refractivity contribution is 6.00. The second kappa shape index (κ2) is 11.0. The van der Waals surface area contributed by atoms with Crippen LogP contribution in [0.15, 0.2) is 72.8 Å². The summed E-state index contributed by atoms with van der Waals surface area (Å²) in [6.45, 7) is 3.40. The number of carbonyl (C=O) groups excluding carboxylic acids is 2. The topological polar surface area (TPSA) is 103 Å². The Kier molecular flexibility index (Phi) is 7.56. The lowest BCUT2D eigenvalue weighted by atomic mass is 9.96. The molecule has 0 aliphatic heterocycles. The molecule has 0 saturated carbocycles. The molecule has 0 saturated heterocycles. The maximum absolute atomic E-state index is 14.9. The number of aliphatic hydroxyl groups excluding tert-OH is 1. The number of fused-ring (bicyclic) bond motifs is 1. The van der Waals surface area contributed by atoms with Crippen molar-refractivity contribution in [1.82, 2.24) is 10.3 Å². The van der Waals surface area contributed by atoms with Crippen LogP contribution in [0.2, 0.25) is 0 Å². The average molecular weight is 487 g/mol. The van der Waals surface area contributed by atoms with Crippen LogP contribution in [-0.2, 0) is 4.79 Å². The van der Waals surface area contributed by atoms with Crippen molar-refractivity contribution < 1.29 is 19.1 Å². The van der Waals surface area contributed by atoms with Gasteiger partial charge >= 0.3 is 6.03 Å². The summed E-state index contributed by atoms with van der Waals surface area (Å²) in [5.74, 6) is -0.629. The summed E-state index contributed by atoms with van der Waals surface area (Å²) in [6, 6.07) is 20.3. The van der Waals surface area contributed by atoms with Gasteiger partial charge in [0.25, 0.3) is 0 Å². The minimum absolute atomic E-state index is 0.145.